The molecule has 0 spiro atoms. The van der Waals surface area contributed by atoms with Crippen LogP contribution < -0.4 is 59.6 Å². The van der Waals surface area contributed by atoms with Crippen molar-refractivity contribution in [3.05, 3.63) is 149 Å². The van der Waals surface area contributed by atoms with Gasteiger partial charge in [-0.25, -0.2) is 9.78 Å². The molecule has 3 aliphatic heterocycles. The molecule has 5 aromatic rings. The number of carbonyl (C=O) groups excluding carboxylic acids is 2. The summed E-state index contributed by atoms with van der Waals surface area (Å²) in [4.78, 5) is 55.2. The Morgan fingerprint density at radius 2 is 1.42 bits per heavy atom. The molecule has 4 aromatic carbocycles. The number of nitrogens with zero attached hydrogens (tertiary/aromatic N) is 3. The second-order valence-electron chi connectivity index (χ2n) is 16.0. The molecular formula is C46H48N4NaO14PSe. The van der Waals surface area contributed by atoms with Crippen LogP contribution in [-0.2, 0) is 38.2 Å². The predicted octanol–water partition coefficient (Wildman–Crippen LogP) is 0.373. The summed E-state index contributed by atoms with van der Waals surface area (Å²) in [5, 5.41) is 25.4. The van der Waals surface area contributed by atoms with Crippen molar-refractivity contribution in [3.8, 4) is 17.4 Å². The fraction of sp³-hybridized carbons (Fsp3) is 0.348. The van der Waals surface area contributed by atoms with E-state index >= 15 is 0 Å². The van der Waals surface area contributed by atoms with Crippen molar-refractivity contribution >= 4 is 39.2 Å². The minimum absolute atomic E-state index is 0. The Bertz CT molecular complexity index is 2550. The number of hydrogen-bond donors (Lipinski definition) is 3. The number of methoxy groups -OCH3 is 2. The van der Waals surface area contributed by atoms with E-state index < -0.39 is 84.7 Å². The van der Waals surface area contributed by atoms with E-state index in [-0.39, 0.29) is 70.5 Å². The Morgan fingerprint density at radius 3 is 2.01 bits per heavy atom. The Morgan fingerprint density at radius 1 is 0.836 bits per heavy atom. The predicted molar refractivity (Wildman–Crippen MR) is 235 cm³/mol. The number of aromatic nitrogens is 2. The molecule has 3 fully saturated rings. The maximum atomic E-state index is 13.9. The van der Waals surface area contributed by atoms with E-state index in [1.54, 1.807) is 45.4 Å². The molecule has 21 heteroatoms. The quantitative estimate of drug-likeness (QED) is 0.0650. The van der Waals surface area contributed by atoms with Gasteiger partial charge in [-0.3, -0.25) is 4.57 Å². The smallest absolute Gasteiger partial charge is 0.497 e. The van der Waals surface area contributed by atoms with Crippen LogP contribution in [0.5, 0.6) is 17.4 Å². The molecule has 0 bridgehead atoms. The van der Waals surface area contributed by atoms with Crippen LogP contribution in [0.15, 0.2) is 126 Å². The molecule has 67 heavy (non-hydrogen) atoms. The number of ether oxygens (including phenoxy) is 5. The van der Waals surface area contributed by atoms with E-state index in [9.17, 15) is 34.1 Å². The van der Waals surface area contributed by atoms with Crippen LogP contribution in [0.25, 0.3) is 0 Å². The fourth-order valence-corrected chi connectivity index (χ4v) is 11.7. The van der Waals surface area contributed by atoms with Crippen molar-refractivity contribution in [1.29, 1.82) is 0 Å². The number of urea groups is 1. The summed E-state index contributed by atoms with van der Waals surface area (Å²) in [6.07, 6.45) is -5.90. The molecular weight excluding hydrogens is 965 g/mol. The van der Waals surface area contributed by atoms with E-state index in [0.717, 1.165) is 20.7 Å². The van der Waals surface area contributed by atoms with Crippen LogP contribution in [0.2, 0.25) is 4.31 Å². The molecule has 0 saturated carbocycles. The molecule has 0 radical (unpaired) electrons. The van der Waals surface area contributed by atoms with Gasteiger partial charge in [0.05, 0.1) is 20.8 Å². The zero-order chi connectivity index (χ0) is 46.6. The van der Waals surface area contributed by atoms with Crippen molar-refractivity contribution in [3.63, 3.8) is 0 Å². The number of benzene rings is 4. The summed E-state index contributed by atoms with van der Waals surface area (Å²) < 4.78 is 56.6. The van der Waals surface area contributed by atoms with E-state index in [4.69, 9.17) is 32.7 Å². The molecule has 1 aromatic heterocycles. The first-order chi connectivity index (χ1) is 31.7. The number of aliphatic hydroxyl groups excluding tert-OH is 1. The van der Waals surface area contributed by atoms with E-state index in [1.165, 1.54) is 11.1 Å². The second kappa shape index (κ2) is 21.5. The molecule has 3 saturated heterocycles. The van der Waals surface area contributed by atoms with Crippen LogP contribution in [0.4, 0.5) is 4.79 Å². The number of hydrogen-bond acceptors (Lipinski definition) is 14. The Kier molecular flexibility index (Phi) is 16.2. The van der Waals surface area contributed by atoms with E-state index in [2.05, 4.69) is 10.3 Å². The van der Waals surface area contributed by atoms with Gasteiger partial charge < -0.3 is 24.1 Å². The van der Waals surface area contributed by atoms with Gasteiger partial charge in [-0.15, -0.1) is 0 Å². The summed E-state index contributed by atoms with van der Waals surface area (Å²) >= 11 is -0.373. The molecule has 18 nitrogen and oxygen atoms in total. The third-order valence-electron chi connectivity index (χ3n) is 11.7. The number of imide groups is 1. The molecule has 348 valence electrons. The van der Waals surface area contributed by atoms with Gasteiger partial charge in [0.1, 0.15) is 23.3 Å². The summed E-state index contributed by atoms with van der Waals surface area (Å²) in [5.41, 5.74) is -0.129. The van der Waals surface area contributed by atoms with Gasteiger partial charge in [-0.2, -0.15) is 0 Å². The number of nitrogens with one attached hydrogen (secondary N) is 1. The number of amides is 3. The van der Waals surface area contributed by atoms with Gasteiger partial charge in [-0.1, -0.05) is 54.6 Å². The first-order valence-corrected chi connectivity index (χ1v) is 24.2. The maximum Gasteiger partial charge on any atom is 1.00 e. The number of phosphoric acid groups is 1. The normalized spacial score (nSPS) is 24.9. The average Bonchev–Trinajstić information content (AvgIpc) is 3.89. The van der Waals surface area contributed by atoms with Crippen molar-refractivity contribution in [2.24, 2.45) is 0 Å². The van der Waals surface area contributed by atoms with Gasteiger partial charge in [-0.05, 0) is 52.9 Å². The molecule has 1 unspecified atom stereocenters. The van der Waals surface area contributed by atoms with Crippen molar-refractivity contribution < 1.29 is 91.5 Å². The standard InChI is InChI=1S/C46H49N4O14PSe.Na/c1-45(66-34-12-8-5-9-13-34)28-50(44(55)48-42(45)53)40-24-35(51)37(62-40)27-61-65(56,57)64-36-25-41(49-23-22-39(52)47-43(49)54)63-38(36)26-60-46(29-10-6-4-7-11-29,30-14-18-32(58-2)19-15-30)31-16-20-33(59-3)21-17-31;/h4-23,35-38,40-41,51H,24-28H2,1-3H3,(H,56,57)(H,47,52,54)(H,48,53,55);/q;+1/p-1/t35-,36-,37+,38+,40+,41+,45+;/m0./s1. The van der Waals surface area contributed by atoms with Gasteiger partial charge in [0.15, 0.2) is 0 Å². The summed E-state index contributed by atoms with van der Waals surface area (Å²) in [6.45, 7) is 0.877. The van der Waals surface area contributed by atoms with Gasteiger partial charge in [0.25, 0.3) is 0 Å². The largest absolute Gasteiger partial charge is 1.00 e. The average molecular weight is 1010 g/mol. The number of carbonyl (C=O) groups is 2. The van der Waals surface area contributed by atoms with Crippen LogP contribution in [0, 0.1) is 0 Å². The Labute approximate surface area is 414 Å². The van der Waals surface area contributed by atoms with Gasteiger partial charge >= 0.3 is 221 Å². The topological polar surface area (TPSA) is 229 Å². The molecule has 0 aliphatic carbocycles. The number of rotatable bonds is 17. The first kappa shape index (κ1) is 50.4. The maximum absolute atomic E-state index is 13.9. The van der Waals surface area contributed by atoms with Crippen LogP contribution in [0.1, 0.15) is 42.7 Å². The van der Waals surface area contributed by atoms with Crippen molar-refractivity contribution in [2.45, 2.75) is 66.6 Å². The number of phosphoric ester groups is 1. The van der Waals surface area contributed by atoms with Crippen LogP contribution in [-0.4, -0.2) is 116 Å². The van der Waals surface area contributed by atoms with E-state index in [1.807, 2.05) is 84.9 Å². The van der Waals surface area contributed by atoms with Crippen molar-refractivity contribution in [2.75, 3.05) is 34.0 Å². The third-order valence-corrected chi connectivity index (χ3v) is 15.4. The van der Waals surface area contributed by atoms with Crippen LogP contribution in [0.3, 0.4) is 0 Å². The summed E-state index contributed by atoms with van der Waals surface area (Å²) in [6, 6.07) is 33.9. The minimum Gasteiger partial charge on any atom is -0.497 e. The Balaban J connectivity index is 0.00000666. The molecule has 8 atom stereocenters. The summed E-state index contributed by atoms with van der Waals surface area (Å²) in [5.74, 6) is 0.0447. The molecule has 4 heterocycles. The van der Waals surface area contributed by atoms with Crippen LogP contribution >= 0.6 is 7.82 Å². The Hall–Kier alpha value is -4.43. The third kappa shape index (κ3) is 11.2. The number of aliphatic hydroxyl groups is 1. The molecule has 3 amide bonds. The SMILES string of the molecule is COc1ccc(C(OC[C@H]2O[C@@H](n3ccc([O-])nc3=O)C[C@@H]2OP(=O)(O)OC[C@H]2O[C@@H](N3C[C@@](C)([Se]c4ccccc4)C(=O)NC3=O)C[C@@H]2O)(c2ccccc2)c2ccc(OC)cc2)cc1.[Na+]. The zero-order valence-corrected chi connectivity index (χ0v) is 41.6. The summed E-state index contributed by atoms with van der Waals surface area (Å²) in [7, 11) is -1.91. The van der Waals surface area contributed by atoms with Gasteiger partial charge in [0, 0.05) is 6.20 Å². The second-order valence-corrected chi connectivity index (χ2v) is 20.7. The monoisotopic (exact) mass is 1010 g/mol. The van der Waals surface area contributed by atoms with E-state index in [0.29, 0.717) is 22.6 Å². The molecule has 3 N–H and O–H groups in total. The molecule has 3 aliphatic rings. The fourth-order valence-electron chi connectivity index (χ4n) is 8.29. The zero-order valence-electron chi connectivity index (χ0n) is 37.0. The first-order valence-electron chi connectivity index (χ1n) is 21.0. The van der Waals surface area contributed by atoms with Gasteiger partial charge in [0.2, 0.25) is 0 Å². The van der Waals surface area contributed by atoms with Crippen molar-refractivity contribution in [1.82, 2.24) is 19.8 Å². The minimum atomic E-state index is -5.03. The molecule has 8 rings (SSSR count).